The van der Waals surface area contributed by atoms with Crippen LogP contribution in [-0.4, -0.2) is 58.3 Å². The van der Waals surface area contributed by atoms with Crippen LogP contribution in [0.3, 0.4) is 0 Å². The number of para-hydroxylation sites is 1. The lowest BCUT2D eigenvalue weighted by Gasteiger charge is -2.37. The van der Waals surface area contributed by atoms with Crippen LogP contribution >= 0.6 is 0 Å². The third-order valence-corrected chi connectivity index (χ3v) is 5.52. The fraction of sp³-hybridized carbons (Fsp3) is 0.400. The maximum absolute atomic E-state index is 12.8. The van der Waals surface area contributed by atoms with E-state index in [0.29, 0.717) is 24.6 Å². The van der Waals surface area contributed by atoms with Gasteiger partial charge < -0.3 is 15.1 Å². The molecule has 0 aliphatic carbocycles. The van der Waals surface area contributed by atoms with E-state index in [1.165, 1.54) is 0 Å². The van der Waals surface area contributed by atoms with E-state index in [9.17, 15) is 9.59 Å². The van der Waals surface area contributed by atoms with Gasteiger partial charge in [-0.2, -0.15) is 0 Å². The van der Waals surface area contributed by atoms with Gasteiger partial charge in [0.05, 0.1) is 11.0 Å². The van der Waals surface area contributed by atoms with Gasteiger partial charge in [0, 0.05) is 44.8 Å². The first-order valence-electron chi connectivity index (χ1n) is 9.26. The predicted octanol–water partition coefficient (Wildman–Crippen LogP) is 2.30. The molecule has 140 valence electrons. The maximum atomic E-state index is 12.8. The van der Waals surface area contributed by atoms with Crippen LogP contribution in [0.25, 0.3) is 0 Å². The van der Waals surface area contributed by atoms with Gasteiger partial charge in [-0.25, -0.2) is 9.97 Å². The number of benzene rings is 1. The van der Waals surface area contributed by atoms with E-state index in [0.717, 1.165) is 31.5 Å². The Kier molecular flexibility index (Phi) is 4.51. The first kappa shape index (κ1) is 17.5. The van der Waals surface area contributed by atoms with E-state index in [1.54, 1.807) is 22.2 Å². The summed E-state index contributed by atoms with van der Waals surface area (Å²) in [5.41, 5.74) is 0.929. The molecule has 1 spiro atoms. The Labute approximate surface area is 158 Å². The zero-order chi connectivity index (χ0) is 18.9. The number of likely N-dealkylation sites (tertiary alicyclic amines) is 2. The number of aromatic nitrogens is 2. The molecule has 3 heterocycles. The van der Waals surface area contributed by atoms with Gasteiger partial charge in [0.2, 0.25) is 11.9 Å². The van der Waals surface area contributed by atoms with Gasteiger partial charge >= 0.3 is 0 Å². The number of nitrogens with one attached hydrogen (secondary N) is 1. The van der Waals surface area contributed by atoms with E-state index >= 15 is 0 Å². The summed E-state index contributed by atoms with van der Waals surface area (Å²) in [5, 5.41) is 3.10. The van der Waals surface area contributed by atoms with Crippen LogP contribution in [0.1, 0.15) is 29.6 Å². The highest BCUT2D eigenvalue weighted by Gasteiger charge is 2.48. The molecule has 1 aromatic heterocycles. The highest BCUT2D eigenvalue weighted by atomic mass is 16.2. The van der Waals surface area contributed by atoms with Crippen LogP contribution in [0.4, 0.5) is 11.6 Å². The van der Waals surface area contributed by atoms with Gasteiger partial charge in [0.25, 0.3) is 5.91 Å². The van der Waals surface area contributed by atoms with E-state index in [1.807, 2.05) is 37.4 Å². The normalized spacial score (nSPS) is 22.3. The number of nitrogens with zero attached hydrogens (tertiary/aromatic N) is 4. The maximum Gasteiger partial charge on any atom is 0.257 e. The Morgan fingerprint density at radius 3 is 2.59 bits per heavy atom. The summed E-state index contributed by atoms with van der Waals surface area (Å²) in [7, 11) is 1.85. The summed E-state index contributed by atoms with van der Waals surface area (Å²) >= 11 is 0. The lowest BCUT2D eigenvalue weighted by Crippen LogP contribution is -2.48. The van der Waals surface area contributed by atoms with Gasteiger partial charge in [0.1, 0.15) is 0 Å². The monoisotopic (exact) mass is 365 g/mol. The fourth-order valence-electron chi connectivity index (χ4n) is 4.03. The van der Waals surface area contributed by atoms with Crippen LogP contribution in [0.15, 0.2) is 42.7 Å². The van der Waals surface area contributed by atoms with Crippen molar-refractivity contribution in [2.45, 2.75) is 19.3 Å². The van der Waals surface area contributed by atoms with Crippen molar-refractivity contribution in [3.05, 3.63) is 48.3 Å². The number of hydrogen-bond donors (Lipinski definition) is 1. The summed E-state index contributed by atoms with van der Waals surface area (Å²) in [5.74, 6) is 0.501. The standard InChI is InChI=1S/C20H23N5O2/c1-24-10-5-8-20(18(24)27)9-11-25(14-20)17(26)15-12-21-19(22-13-15)23-16-6-3-2-4-7-16/h2-4,6-7,12-13H,5,8-11,14H2,1H3,(H,21,22,23)/t20-/m0/s1. The van der Waals surface area contributed by atoms with Crippen molar-refractivity contribution in [3.63, 3.8) is 0 Å². The molecular weight excluding hydrogens is 342 g/mol. The van der Waals surface area contributed by atoms with E-state index in [2.05, 4.69) is 15.3 Å². The number of carbonyl (C=O) groups is 2. The molecule has 4 rings (SSSR count). The Morgan fingerprint density at radius 2 is 1.85 bits per heavy atom. The van der Waals surface area contributed by atoms with Gasteiger partial charge in [-0.05, 0) is 31.4 Å². The smallest absolute Gasteiger partial charge is 0.257 e. The van der Waals surface area contributed by atoms with Gasteiger partial charge in [-0.3, -0.25) is 9.59 Å². The van der Waals surface area contributed by atoms with Gasteiger partial charge in [0.15, 0.2) is 0 Å². The molecule has 7 heteroatoms. The second-order valence-corrected chi connectivity index (χ2v) is 7.37. The predicted molar refractivity (Wildman–Crippen MR) is 102 cm³/mol. The van der Waals surface area contributed by atoms with Crippen LogP contribution in [0.5, 0.6) is 0 Å². The molecule has 2 amide bonds. The third kappa shape index (κ3) is 3.37. The van der Waals surface area contributed by atoms with Crippen LogP contribution < -0.4 is 5.32 Å². The molecule has 7 nitrogen and oxygen atoms in total. The SMILES string of the molecule is CN1CCC[C@@]2(CCN(C(=O)c3cnc(Nc4ccccc4)nc3)C2)C1=O. The van der Waals surface area contributed by atoms with Crippen LogP contribution in [0, 0.1) is 5.41 Å². The minimum Gasteiger partial charge on any atom is -0.345 e. The average molecular weight is 365 g/mol. The number of rotatable bonds is 3. The molecule has 0 unspecified atom stereocenters. The van der Waals surface area contributed by atoms with E-state index in [4.69, 9.17) is 0 Å². The Hall–Kier alpha value is -2.96. The first-order valence-corrected chi connectivity index (χ1v) is 9.26. The van der Waals surface area contributed by atoms with Crippen molar-refractivity contribution in [2.75, 3.05) is 32.0 Å². The molecule has 2 aliphatic rings. The molecular formula is C20H23N5O2. The minimum atomic E-state index is -0.404. The second-order valence-electron chi connectivity index (χ2n) is 7.37. The fourth-order valence-corrected chi connectivity index (χ4v) is 4.03. The molecule has 0 bridgehead atoms. The van der Waals surface area contributed by atoms with Gasteiger partial charge in [-0.15, -0.1) is 0 Å². The highest BCUT2D eigenvalue weighted by molar-refractivity contribution is 5.95. The molecule has 1 N–H and O–H groups in total. The molecule has 2 fully saturated rings. The lowest BCUT2D eigenvalue weighted by atomic mass is 9.78. The van der Waals surface area contributed by atoms with Crippen molar-refractivity contribution in [2.24, 2.45) is 5.41 Å². The number of piperidine rings is 1. The Bertz CT molecular complexity index is 839. The van der Waals surface area contributed by atoms with Gasteiger partial charge in [-0.1, -0.05) is 18.2 Å². The quantitative estimate of drug-likeness (QED) is 0.903. The number of carbonyl (C=O) groups excluding carboxylic acids is 2. The Morgan fingerprint density at radius 1 is 1.11 bits per heavy atom. The average Bonchev–Trinajstić information content (AvgIpc) is 3.12. The molecule has 0 saturated carbocycles. The Balaban J connectivity index is 1.43. The zero-order valence-corrected chi connectivity index (χ0v) is 15.4. The summed E-state index contributed by atoms with van der Waals surface area (Å²) in [6, 6.07) is 9.63. The molecule has 0 radical (unpaired) electrons. The highest BCUT2D eigenvalue weighted by Crippen LogP contribution is 2.40. The summed E-state index contributed by atoms with van der Waals surface area (Å²) < 4.78 is 0. The first-order chi connectivity index (χ1) is 13.1. The van der Waals surface area contributed by atoms with E-state index in [-0.39, 0.29) is 11.8 Å². The van der Waals surface area contributed by atoms with Crippen molar-refractivity contribution in [1.29, 1.82) is 0 Å². The van der Waals surface area contributed by atoms with Crippen LogP contribution in [-0.2, 0) is 4.79 Å². The molecule has 2 aliphatic heterocycles. The molecule has 2 aromatic rings. The molecule has 1 aromatic carbocycles. The van der Waals surface area contributed by atoms with E-state index < -0.39 is 5.41 Å². The van der Waals surface area contributed by atoms with Crippen molar-refractivity contribution in [3.8, 4) is 0 Å². The summed E-state index contributed by atoms with van der Waals surface area (Å²) in [6.45, 7) is 1.89. The topological polar surface area (TPSA) is 78.4 Å². The van der Waals surface area contributed by atoms with Crippen molar-refractivity contribution >= 4 is 23.5 Å². The number of anilines is 2. The molecule has 2 saturated heterocycles. The van der Waals surface area contributed by atoms with Crippen molar-refractivity contribution in [1.82, 2.24) is 19.8 Å². The van der Waals surface area contributed by atoms with Crippen LogP contribution in [0.2, 0.25) is 0 Å². The molecule has 1 atom stereocenters. The zero-order valence-electron chi connectivity index (χ0n) is 15.4. The largest absolute Gasteiger partial charge is 0.345 e. The summed E-state index contributed by atoms with van der Waals surface area (Å²) in [6.07, 6.45) is 5.67. The number of amides is 2. The lowest BCUT2D eigenvalue weighted by molar-refractivity contribution is -0.143. The minimum absolute atomic E-state index is 0.112. The third-order valence-electron chi connectivity index (χ3n) is 5.52. The second kappa shape index (κ2) is 6.98. The molecule has 27 heavy (non-hydrogen) atoms. The van der Waals surface area contributed by atoms with Crippen molar-refractivity contribution < 1.29 is 9.59 Å². The number of hydrogen-bond acceptors (Lipinski definition) is 5. The summed E-state index contributed by atoms with van der Waals surface area (Å²) in [4.78, 5) is 37.5.